The first-order chi connectivity index (χ1) is 8.82. The fourth-order valence-corrected chi connectivity index (χ4v) is 3.68. The molecule has 0 saturated carbocycles. The van der Waals surface area contributed by atoms with Crippen molar-refractivity contribution < 1.29 is 4.74 Å². The summed E-state index contributed by atoms with van der Waals surface area (Å²) in [6, 6.07) is 7.18. The number of hydrogen-bond donors (Lipinski definition) is 0. The first kappa shape index (κ1) is 14.6. The van der Waals surface area contributed by atoms with Gasteiger partial charge in [-0.2, -0.15) is 4.74 Å². The van der Waals surface area contributed by atoms with Gasteiger partial charge in [-0.15, -0.1) is 0 Å². The first-order valence-corrected chi connectivity index (χ1v) is 7.49. The molecule has 0 spiro atoms. The van der Waals surface area contributed by atoms with Crippen LogP contribution in [-0.4, -0.2) is 38.1 Å². The molecular weight excluding hydrogens is 300 g/mol. The Hall–Kier alpha value is -0.780. The standard InChI is InChI=1S/C13H15ClN2OS2/c1-13(2)11(19-12(18)15(13)3)16(17)8-9-4-6-10(14)7-5-9/h4-8,11H,1-3H3/b16-8-/t11-/m1/s1. The van der Waals surface area contributed by atoms with E-state index in [1.165, 1.54) is 11.8 Å². The third-order valence-corrected chi connectivity index (χ3v) is 5.63. The summed E-state index contributed by atoms with van der Waals surface area (Å²) in [6.07, 6.45) is 1.58. The Labute approximate surface area is 127 Å². The topological polar surface area (TPSA) is 29.3 Å². The van der Waals surface area contributed by atoms with Crippen molar-refractivity contribution >= 4 is 46.1 Å². The molecule has 1 aliphatic rings. The number of likely N-dealkylation sites (N-methyl/N-ethyl adjacent to an activating group) is 1. The minimum absolute atomic E-state index is 0.249. The summed E-state index contributed by atoms with van der Waals surface area (Å²) in [6.45, 7) is 4.04. The molecule has 1 heterocycles. The third-order valence-electron chi connectivity index (χ3n) is 3.33. The minimum Gasteiger partial charge on any atom is -0.623 e. The lowest BCUT2D eigenvalue weighted by Gasteiger charge is -2.30. The number of halogens is 1. The van der Waals surface area contributed by atoms with E-state index in [1.54, 1.807) is 18.3 Å². The Kier molecular flexibility index (Phi) is 4.08. The SMILES string of the molecule is CN1C(=S)S[C@@H](/[N+]([O-])=C/c2ccc(Cl)cc2)C1(C)C. The van der Waals surface area contributed by atoms with Crippen LogP contribution in [0.3, 0.4) is 0 Å². The van der Waals surface area contributed by atoms with Crippen molar-refractivity contribution in [2.24, 2.45) is 0 Å². The van der Waals surface area contributed by atoms with Crippen LogP contribution in [0.15, 0.2) is 24.3 Å². The number of thiocarbonyl (C=S) groups is 1. The van der Waals surface area contributed by atoms with E-state index in [2.05, 4.69) is 0 Å². The molecule has 0 N–H and O–H groups in total. The van der Waals surface area contributed by atoms with Gasteiger partial charge in [0.15, 0.2) is 6.21 Å². The number of thioether (sulfide) groups is 1. The highest BCUT2D eigenvalue weighted by atomic mass is 35.5. The molecular formula is C13H15ClN2OS2. The van der Waals surface area contributed by atoms with Crippen LogP contribution in [-0.2, 0) is 0 Å². The van der Waals surface area contributed by atoms with E-state index in [-0.39, 0.29) is 10.9 Å². The summed E-state index contributed by atoms with van der Waals surface area (Å²) in [5.41, 5.74) is 0.531. The highest BCUT2D eigenvalue weighted by Crippen LogP contribution is 2.38. The maximum absolute atomic E-state index is 12.3. The van der Waals surface area contributed by atoms with Crippen LogP contribution in [0.2, 0.25) is 5.02 Å². The zero-order chi connectivity index (χ0) is 14.2. The van der Waals surface area contributed by atoms with Crippen molar-refractivity contribution in [1.29, 1.82) is 0 Å². The lowest BCUT2D eigenvalue weighted by atomic mass is 10.0. The van der Waals surface area contributed by atoms with E-state index in [0.29, 0.717) is 5.02 Å². The van der Waals surface area contributed by atoms with Crippen molar-refractivity contribution in [3.05, 3.63) is 40.1 Å². The van der Waals surface area contributed by atoms with Crippen LogP contribution in [0.4, 0.5) is 0 Å². The lowest BCUT2D eigenvalue weighted by molar-refractivity contribution is -0.480. The summed E-state index contributed by atoms with van der Waals surface area (Å²) < 4.78 is 1.73. The van der Waals surface area contributed by atoms with Gasteiger partial charge in [-0.3, -0.25) is 0 Å². The molecule has 1 aromatic carbocycles. The van der Waals surface area contributed by atoms with E-state index in [4.69, 9.17) is 23.8 Å². The van der Waals surface area contributed by atoms with Crippen LogP contribution >= 0.6 is 35.6 Å². The molecule has 2 rings (SSSR count). The molecule has 1 fully saturated rings. The maximum atomic E-state index is 12.3. The van der Waals surface area contributed by atoms with Crippen LogP contribution < -0.4 is 0 Å². The zero-order valence-electron chi connectivity index (χ0n) is 11.0. The first-order valence-electron chi connectivity index (χ1n) is 5.83. The molecule has 3 nitrogen and oxygen atoms in total. The molecule has 0 aromatic heterocycles. The second-order valence-electron chi connectivity index (χ2n) is 4.99. The lowest BCUT2D eigenvalue weighted by Crippen LogP contribution is -2.47. The third kappa shape index (κ3) is 2.88. The molecule has 1 aromatic rings. The molecule has 1 saturated heterocycles. The highest BCUT2D eigenvalue weighted by molar-refractivity contribution is 8.23. The van der Waals surface area contributed by atoms with Crippen LogP contribution in [0.25, 0.3) is 0 Å². The number of rotatable bonds is 2. The van der Waals surface area contributed by atoms with Crippen molar-refractivity contribution in [1.82, 2.24) is 4.90 Å². The fraction of sp³-hybridized carbons (Fsp3) is 0.385. The zero-order valence-corrected chi connectivity index (χ0v) is 13.4. The molecule has 0 unspecified atom stereocenters. The van der Waals surface area contributed by atoms with E-state index in [1.807, 2.05) is 37.9 Å². The second kappa shape index (κ2) is 5.31. The summed E-state index contributed by atoms with van der Waals surface area (Å²) in [5, 5.41) is 12.7. The van der Waals surface area contributed by atoms with E-state index in [9.17, 15) is 5.21 Å². The summed E-state index contributed by atoms with van der Waals surface area (Å²) in [5.74, 6) is 0. The molecule has 19 heavy (non-hydrogen) atoms. The molecule has 102 valence electrons. The Balaban J connectivity index is 2.27. The van der Waals surface area contributed by atoms with Crippen LogP contribution in [0.5, 0.6) is 0 Å². The maximum Gasteiger partial charge on any atom is 0.238 e. The molecule has 0 aliphatic carbocycles. The smallest absolute Gasteiger partial charge is 0.238 e. The average Bonchev–Trinajstić information content (AvgIpc) is 2.56. The van der Waals surface area contributed by atoms with Crippen molar-refractivity contribution in [2.45, 2.75) is 24.8 Å². The van der Waals surface area contributed by atoms with Gasteiger partial charge in [0.2, 0.25) is 5.37 Å². The van der Waals surface area contributed by atoms with Crippen molar-refractivity contribution in [2.75, 3.05) is 7.05 Å². The van der Waals surface area contributed by atoms with Gasteiger partial charge in [-0.1, -0.05) is 23.8 Å². The summed E-state index contributed by atoms with van der Waals surface area (Å²) in [4.78, 5) is 1.97. The van der Waals surface area contributed by atoms with Gasteiger partial charge in [0.05, 0.1) is 0 Å². The Morgan fingerprint density at radius 1 is 1.42 bits per heavy atom. The van der Waals surface area contributed by atoms with Gasteiger partial charge < -0.3 is 10.1 Å². The number of benzene rings is 1. The number of hydrogen-bond acceptors (Lipinski definition) is 3. The van der Waals surface area contributed by atoms with Crippen LogP contribution in [0.1, 0.15) is 19.4 Å². The van der Waals surface area contributed by atoms with E-state index in [0.717, 1.165) is 14.6 Å². The van der Waals surface area contributed by atoms with Gasteiger partial charge in [0.25, 0.3) is 0 Å². The average molecular weight is 315 g/mol. The Morgan fingerprint density at radius 2 is 2.00 bits per heavy atom. The van der Waals surface area contributed by atoms with Gasteiger partial charge >= 0.3 is 0 Å². The monoisotopic (exact) mass is 314 g/mol. The molecule has 0 radical (unpaired) electrons. The molecule has 0 amide bonds. The van der Waals surface area contributed by atoms with E-state index < -0.39 is 0 Å². The second-order valence-corrected chi connectivity index (χ2v) is 7.14. The minimum atomic E-state index is -0.299. The van der Waals surface area contributed by atoms with Crippen molar-refractivity contribution in [3.8, 4) is 0 Å². The predicted molar refractivity (Wildman–Crippen MR) is 86.1 cm³/mol. The Bertz CT molecular complexity index is 528. The molecule has 6 heteroatoms. The fourth-order valence-electron chi connectivity index (χ4n) is 1.85. The predicted octanol–water partition coefficient (Wildman–Crippen LogP) is 3.34. The van der Waals surface area contributed by atoms with Gasteiger partial charge in [-0.25, -0.2) is 0 Å². The van der Waals surface area contributed by atoms with Gasteiger partial charge in [0, 0.05) is 17.6 Å². The van der Waals surface area contributed by atoms with Gasteiger partial charge in [-0.05, 0) is 49.9 Å². The molecule has 1 atom stereocenters. The number of nitrogens with zero attached hydrogens (tertiary/aromatic N) is 2. The van der Waals surface area contributed by atoms with Crippen LogP contribution in [0, 0.1) is 5.21 Å². The molecule has 1 aliphatic heterocycles. The normalized spacial score (nSPS) is 22.9. The van der Waals surface area contributed by atoms with Gasteiger partial charge in [0.1, 0.15) is 9.86 Å². The highest BCUT2D eigenvalue weighted by Gasteiger charge is 2.48. The largest absolute Gasteiger partial charge is 0.623 e. The summed E-state index contributed by atoms with van der Waals surface area (Å²) >= 11 is 12.5. The van der Waals surface area contributed by atoms with E-state index >= 15 is 0 Å². The Morgan fingerprint density at radius 3 is 2.47 bits per heavy atom. The summed E-state index contributed by atoms with van der Waals surface area (Å²) in [7, 11) is 1.92. The van der Waals surface area contributed by atoms with Crippen molar-refractivity contribution in [3.63, 3.8) is 0 Å². The molecule has 0 bridgehead atoms. The quantitative estimate of drug-likeness (QED) is 0.275. The number of hydroxylamine groups is 1.